The summed E-state index contributed by atoms with van der Waals surface area (Å²) >= 11 is 0. The number of carbonyl (C=O) groups is 7. The van der Waals surface area contributed by atoms with Gasteiger partial charge in [0, 0.05) is 82.4 Å². The molecule has 6 N–H and O–H groups in total. The average Bonchev–Trinajstić information content (AvgIpc) is 1.31. The van der Waals surface area contributed by atoms with Crippen molar-refractivity contribution in [3.05, 3.63) is 210 Å². The van der Waals surface area contributed by atoms with Gasteiger partial charge in [0.15, 0.2) is 0 Å². The molecule has 21 nitrogen and oxygen atoms in total. The quantitative estimate of drug-likeness (QED) is 0.0490. The summed E-state index contributed by atoms with van der Waals surface area (Å²) in [6.07, 6.45) is 12.5. The number of hydrogen-bond acceptors (Lipinski definition) is 15. The molecule has 6 aliphatic rings. The van der Waals surface area contributed by atoms with Gasteiger partial charge in [0.1, 0.15) is 53.2 Å². The van der Waals surface area contributed by atoms with Crippen molar-refractivity contribution < 1.29 is 43.0 Å². The number of nitrogens with one attached hydrogen (secondary N) is 6. The minimum absolute atomic E-state index is 0.0490. The van der Waals surface area contributed by atoms with Crippen LogP contribution in [0, 0.1) is 0 Å². The van der Waals surface area contributed by atoms with Crippen molar-refractivity contribution >= 4 is 41.4 Å². The first-order valence-electron chi connectivity index (χ1n) is 32.0. The minimum atomic E-state index is -0.731. The Kier molecular flexibility index (Phi) is 23.2. The van der Waals surface area contributed by atoms with E-state index in [1.165, 1.54) is 16.7 Å². The number of carbonyl (C=O) groups excluding carboxylic acids is 7. The molecular weight excluding hydrogens is 1160 g/mol. The Balaban J connectivity index is 0.000000151. The molecule has 6 fully saturated rings. The topological polar surface area (TPSA) is 259 Å². The highest BCUT2D eigenvalue weighted by Gasteiger charge is 2.31. The van der Waals surface area contributed by atoms with Gasteiger partial charge >= 0.3 is 0 Å². The summed E-state index contributed by atoms with van der Waals surface area (Å²) in [4.78, 5) is 105. The maximum absolute atomic E-state index is 12.5. The molecule has 92 heavy (non-hydrogen) atoms. The average molecular weight is 1250 g/mol. The van der Waals surface area contributed by atoms with Crippen molar-refractivity contribution in [2.75, 3.05) is 39.3 Å². The first-order valence-corrected chi connectivity index (χ1v) is 32.0. The zero-order chi connectivity index (χ0) is 64.2. The lowest BCUT2D eigenvalue weighted by molar-refractivity contribution is -0.134. The van der Waals surface area contributed by atoms with Crippen LogP contribution in [0.5, 0.6) is 11.6 Å². The molecule has 0 bridgehead atoms. The number of imide groups is 1. The van der Waals surface area contributed by atoms with Crippen LogP contribution in [0.3, 0.4) is 0 Å². The zero-order valence-corrected chi connectivity index (χ0v) is 51.9. The number of likely N-dealkylation sites (tertiary alicyclic amines) is 3. The Morgan fingerprint density at radius 2 is 0.935 bits per heavy atom. The van der Waals surface area contributed by atoms with Crippen LogP contribution in [-0.4, -0.2) is 141 Å². The summed E-state index contributed by atoms with van der Waals surface area (Å²) in [5, 5.41) is 15.7. The van der Waals surface area contributed by atoms with Crippen molar-refractivity contribution in [2.24, 2.45) is 0 Å². The molecule has 3 aromatic heterocycles. The van der Waals surface area contributed by atoms with Crippen LogP contribution >= 0.6 is 0 Å². The third kappa shape index (κ3) is 19.5. The van der Waals surface area contributed by atoms with E-state index in [1.54, 1.807) is 42.6 Å². The third-order valence-electron chi connectivity index (χ3n) is 17.2. The molecule has 4 unspecified atom stereocenters. The van der Waals surface area contributed by atoms with Crippen LogP contribution in [0.1, 0.15) is 137 Å². The standard InChI is InChI=1S/C24H28N4O3.C24H28N4O2.C23H26N4O4/c1-17-7-9-22(24(30)26-17)27-23(29)21-10-8-20(15-25-21)31-19-11-13-28(14-12-19)16-18-5-3-2-4-6-18;1-17-9-11-22(24(30)26-17)27-23(29)21-12-10-19(14-25-21)20-8-5-13-28(16-20)15-18-6-3-2-4-7-18;28-20-10-9-19(23(30)26-20)25-22(29)18-7-4-8-21(24-18)31-17-11-13-27(14-12-17)15-16-5-2-1-3-6-16/h2-6,8,10,15,19,22H,1,7,9,11-14,16H2,(H,26,30)(H,27,29);2-4,6-7,10,12,14,20,22H,1,5,8-9,11,13,15-16H2,(H,26,30)(H,27,29);1-8,17,19H,9-15H2,(H,25,29)(H,26,28,30). The Morgan fingerprint density at radius 1 is 0.467 bits per heavy atom. The van der Waals surface area contributed by atoms with E-state index >= 15 is 0 Å². The van der Waals surface area contributed by atoms with E-state index < -0.39 is 29.9 Å². The molecule has 0 saturated carbocycles. The number of piperidine rings is 6. The van der Waals surface area contributed by atoms with Crippen molar-refractivity contribution in [3.63, 3.8) is 0 Å². The number of amides is 7. The zero-order valence-electron chi connectivity index (χ0n) is 51.9. The maximum Gasteiger partial charge on any atom is 0.270 e. The molecular formula is C71H82N12O9. The summed E-state index contributed by atoms with van der Waals surface area (Å²) in [6.45, 7) is 16.3. The fourth-order valence-electron chi connectivity index (χ4n) is 12.1. The largest absolute Gasteiger partial charge is 0.489 e. The molecule has 21 heteroatoms. The summed E-state index contributed by atoms with van der Waals surface area (Å²) in [5.41, 5.74) is 7.30. The highest BCUT2D eigenvalue weighted by Crippen LogP contribution is 2.28. The lowest BCUT2D eigenvalue weighted by atomic mass is 9.91. The molecule has 0 spiro atoms. The molecule has 6 aliphatic heterocycles. The van der Waals surface area contributed by atoms with E-state index in [0.717, 1.165) is 103 Å². The van der Waals surface area contributed by atoms with Crippen LogP contribution in [-0.2, 0) is 38.8 Å². The minimum Gasteiger partial charge on any atom is -0.489 e. The molecule has 6 saturated heterocycles. The number of allylic oxidation sites excluding steroid dienone is 2. The fourth-order valence-corrected chi connectivity index (χ4v) is 12.1. The number of benzene rings is 3. The molecule has 9 heterocycles. The summed E-state index contributed by atoms with van der Waals surface area (Å²) in [7, 11) is 0. The van der Waals surface area contributed by atoms with Gasteiger partial charge < -0.3 is 36.1 Å². The highest BCUT2D eigenvalue weighted by molar-refractivity contribution is 6.03. The number of rotatable bonds is 17. The van der Waals surface area contributed by atoms with E-state index in [9.17, 15) is 33.6 Å². The smallest absolute Gasteiger partial charge is 0.270 e. The van der Waals surface area contributed by atoms with E-state index in [0.29, 0.717) is 60.3 Å². The predicted molar refractivity (Wildman–Crippen MR) is 346 cm³/mol. The van der Waals surface area contributed by atoms with E-state index in [4.69, 9.17) is 9.47 Å². The molecule has 12 rings (SSSR count). The Labute approximate surface area is 537 Å². The van der Waals surface area contributed by atoms with Crippen molar-refractivity contribution in [1.29, 1.82) is 0 Å². The second-order valence-corrected chi connectivity index (χ2v) is 24.2. The SMILES string of the molecule is C=C1CCC(NC(=O)c2ccc(C3CCCN(Cc4ccccc4)C3)cn2)C(=O)N1.C=C1CCC(NC(=O)c2ccc(OC3CCN(Cc4ccccc4)CC3)cn2)C(=O)N1.O=C1CCC(NC(=O)c2cccc(OC3CCN(Cc4ccccc4)CC3)n2)C(=O)N1. The second kappa shape index (κ2) is 32.5. The van der Waals surface area contributed by atoms with Gasteiger partial charge in [-0.25, -0.2) is 9.97 Å². The van der Waals surface area contributed by atoms with Crippen LogP contribution in [0.25, 0.3) is 0 Å². The Morgan fingerprint density at radius 3 is 1.41 bits per heavy atom. The van der Waals surface area contributed by atoms with Crippen molar-refractivity contribution in [2.45, 2.75) is 133 Å². The lowest BCUT2D eigenvalue weighted by Gasteiger charge is -2.33. The number of nitrogens with zero attached hydrogens (tertiary/aromatic N) is 6. The molecule has 0 aliphatic carbocycles. The fraction of sp³-hybridized carbons (Fsp3) is 0.380. The number of pyridine rings is 3. The summed E-state index contributed by atoms with van der Waals surface area (Å²) in [5.74, 6) is -0.919. The van der Waals surface area contributed by atoms with E-state index in [-0.39, 0.29) is 66.0 Å². The van der Waals surface area contributed by atoms with E-state index in [1.807, 2.05) is 30.5 Å². The Hall–Kier alpha value is -9.44. The second-order valence-electron chi connectivity index (χ2n) is 24.2. The van der Waals surface area contributed by atoms with Crippen molar-refractivity contribution in [3.8, 4) is 11.6 Å². The van der Waals surface area contributed by atoms with Gasteiger partial charge in [-0.1, -0.05) is 116 Å². The van der Waals surface area contributed by atoms with Gasteiger partial charge in [0.2, 0.25) is 29.5 Å². The van der Waals surface area contributed by atoms with Gasteiger partial charge in [0.25, 0.3) is 17.7 Å². The normalized spacial score (nSPS) is 20.9. The lowest BCUT2D eigenvalue weighted by Crippen LogP contribution is -2.52. The molecule has 480 valence electrons. The van der Waals surface area contributed by atoms with Gasteiger partial charge in [-0.15, -0.1) is 0 Å². The Bertz CT molecular complexity index is 3510. The first-order chi connectivity index (χ1) is 44.7. The third-order valence-corrected chi connectivity index (χ3v) is 17.2. The highest BCUT2D eigenvalue weighted by atomic mass is 16.5. The number of hydrogen-bond donors (Lipinski definition) is 6. The van der Waals surface area contributed by atoms with Gasteiger partial charge in [0.05, 0.1) is 6.20 Å². The first kappa shape index (κ1) is 65.5. The molecule has 7 amide bonds. The van der Waals surface area contributed by atoms with Gasteiger partial charge in [-0.3, -0.25) is 58.6 Å². The van der Waals surface area contributed by atoms with Gasteiger partial charge in [-0.05, 0) is 130 Å². The van der Waals surface area contributed by atoms with Crippen LogP contribution < -0.4 is 41.4 Å². The summed E-state index contributed by atoms with van der Waals surface area (Å²) < 4.78 is 12.1. The van der Waals surface area contributed by atoms with Crippen LogP contribution in [0.15, 0.2) is 170 Å². The maximum atomic E-state index is 12.5. The van der Waals surface area contributed by atoms with Crippen LogP contribution in [0.4, 0.5) is 0 Å². The van der Waals surface area contributed by atoms with Crippen molar-refractivity contribution in [1.82, 2.24) is 61.6 Å². The molecule has 6 aromatic rings. The van der Waals surface area contributed by atoms with Gasteiger partial charge in [-0.2, -0.15) is 0 Å². The number of ether oxygens (including phenoxy) is 2. The predicted octanol–water partition coefficient (Wildman–Crippen LogP) is 7.29. The monoisotopic (exact) mass is 1250 g/mol. The molecule has 3 aromatic carbocycles. The molecule has 0 radical (unpaired) electrons. The summed E-state index contributed by atoms with van der Waals surface area (Å²) in [6, 6.07) is 41.8. The molecule has 4 atom stereocenters. The van der Waals surface area contributed by atoms with E-state index in [2.05, 4.69) is 148 Å². The van der Waals surface area contributed by atoms with Crippen LogP contribution in [0.2, 0.25) is 0 Å². The number of aromatic nitrogens is 3.